The molecule has 0 amide bonds. The van der Waals surface area contributed by atoms with Crippen molar-refractivity contribution in [2.24, 2.45) is 5.92 Å². The van der Waals surface area contributed by atoms with Gasteiger partial charge in [0.2, 0.25) is 5.75 Å². The maximum Gasteiger partial charge on any atom is 0.203 e. The van der Waals surface area contributed by atoms with Crippen LogP contribution in [0.4, 0.5) is 0 Å². The van der Waals surface area contributed by atoms with Gasteiger partial charge in [-0.1, -0.05) is 26.2 Å². The molecule has 0 spiro atoms. The van der Waals surface area contributed by atoms with Crippen LogP contribution in [0.25, 0.3) is 0 Å². The Hall–Kier alpha value is -1.38. The van der Waals surface area contributed by atoms with Gasteiger partial charge in [-0.05, 0) is 36.0 Å². The van der Waals surface area contributed by atoms with Crippen LogP contribution in [-0.4, -0.2) is 21.3 Å². The van der Waals surface area contributed by atoms with Crippen LogP contribution in [0, 0.1) is 5.92 Å². The molecule has 1 saturated carbocycles. The highest BCUT2D eigenvalue weighted by Crippen LogP contribution is 2.44. The molecule has 106 valence electrons. The summed E-state index contributed by atoms with van der Waals surface area (Å²) in [7, 11) is 4.99. The summed E-state index contributed by atoms with van der Waals surface area (Å²) in [6, 6.07) is 4.21. The Balaban J connectivity index is 2.40. The van der Waals surface area contributed by atoms with Crippen molar-refractivity contribution in [1.82, 2.24) is 0 Å². The minimum absolute atomic E-state index is 0.599. The minimum atomic E-state index is 0.599. The first-order valence-corrected chi connectivity index (χ1v) is 7.01. The second-order valence-electron chi connectivity index (χ2n) is 5.33. The first-order chi connectivity index (χ1) is 9.21. The third kappa shape index (κ3) is 2.80. The molecule has 1 fully saturated rings. The summed E-state index contributed by atoms with van der Waals surface area (Å²) in [5.41, 5.74) is 1.31. The fourth-order valence-corrected chi connectivity index (χ4v) is 3.13. The van der Waals surface area contributed by atoms with E-state index in [1.165, 1.54) is 31.2 Å². The van der Waals surface area contributed by atoms with E-state index in [1.807, 2.05) is 0 Å². The maximum absolute atomic E-state index is 5.44. The first kappa shape index (κ1) is 14.0. The average molecular weight is 264 g/mol. The summed E-state index contributed by atoms with van der Waals surface area (Å²) in [4.78, 5) is 0. The zero-order valence-corrected chi connectivity index (χ0v) is 12.4. The largest absolute Gasteiger partial charge is 0.493 e. The van der Waals surface area contributed by atoms with Gasteiger partial charge < -0.3 is 14.2 Å². The number of hydrogen-bond acceptors (Lipinski definition) is 3. The van der Waals surface area contributed by atoms with Crippen molar-refractivity contribution in [3.63, 3.8) is 0 Å². The summed E-state index contributed by atoms with van der Waals surface area (Å²) < 4.78 is 16.3. The lowest BCUT2D eigenvalue weighted by Crippen LogP contribution is -2.15. The highest BCUT2D eigenvalue weighted by atomic mass is 16.5. The molecule has 19 heavy (non-hydrogen) atoms. The molecule has 0 bridgehead atoms. The molecule has 1 aromatic carbocycles. The van der Waals surface area contributed by atoms with Gasteiger partial charge in [0.15, 0.2) is 11.5 Å². The molecule has 0 aliphatic heterocycles. The second kappa shape index (κ2) is 6.18. The fourth-order valence-electron chi connectivity index (χ4n) is 3.13. The third-order valence-corrected chi connectivity index (χ3v) is 4.23. The van der Waals surface area contributed by atoms with Gasteiger partial charge >= 0.3 is 0 Å². The molecule has 0 N–H and O–H groups in total. The summed E-state index contributed by atoms with van der Waals surface area (Å²) in [6.45, 7) is 2.34. The minimum Gasteiger partial charge on any atom is -0.493 e. The van der Waals surface area contributed by atoms with E-state index in [0.717, 1.165) is 17.4 Å². The van der Waals surface area contributed by atoms with Crippen LogP contribution in [0.5, 0.6) is 17.2 Å². The Bertz CT molecular complexity index is 403. The summed E-state index contributed by atoms with van der Waals surface area (Å²) in [5, 5.41) is 0. The van der Waals surface area contributed by atoms with Crippen molar-refractivity contribution >= 4 is 0 Å². The van der Waals surface area contributed by atoms with E-state index in [2.05, 4.69) is 19.1 Å². The van der Waals surface area contributed by atoms with Gasteiger partial charge in [-0.2, -0.15) is 0 Å². The molecule has 1 aliphatic rings. The Morgan fingerprint density at radius 3 is 1.95 bits per heavy atom. The van der Waals surface area contributed by atoms with Crippen LogP contribution in [0.2, 0.25) is 0 Å². The van der Waals surface area contributed by atoms with Gasteiger partial charge in [0, 0.05) is 0 Å². The zero-order chi connectivity index (χ0) is 13.8. The first-order valence-electron chi connectivity index (χ1n) is 7.01. The van der Waals surface area contributed by atoms with Crippen molar-refractivity contribution in [1.29, 1.82) is 0 Å². The van der Waals surface area contributed by atoms with Crippen LogP contribution >= 0.6 is 0 Å². The van der Waals surface area contributed by atoms with Crippen molar-refractivity contribution in [3.05, 3.63) is 17.7 Å². The summed E-state index contributed by atoms with van der Waals surface area (Å²) in [5.74, 6) is 3.51. The predicted octanol–water partition coefficient (Wildman–Crippen LogP) is 4.01. The average Bonchev–Trinajstić information content (AvgIpc) is 2.46. The van der Waals surface area contributed by atoms with E-state index < -0.39 is 0 Å². The molecule has 0 unspecified atom stereocenters. The molecule has 0 radical (unpaired) electrons. The van der Waals surface area contributed by atoms with E-state index in [4.69, 9.17) is 14.2 Å². The topological polar surface area (TPSA) is 27.7 Å². The van der Waals surface area contributed by atoms with Gasteiger partial charge in [0.05, 0.1) is 21.3 Å². The SMILES string of the molecule is COc1cc([C@H]2CCCC[C@H]2C)cc(OC)c1OC. The van der Waals surface area contributed by atoms with Gasteiger partial charge in [-0.3, -0.25) is 0 Å². The smallest absolute Gasteiger partial charge is 0.203 e. The highest BCUT2D eigenvalue weighted by Gasteiger charge is 2.25. The van der Waals surface area contributed by atoms with E-state index in [0.29, 0.717) is 11.7 Å². The number of methoxy groups -OCH3 is 3. The normalized spacial score (nSPS) is 22.9. The lowest BCUT2D eigenvalue weighted by Gasteiger charge is -2.30. The van der Waals surface area contributed by atoms with E-state index in [9.17, 15) is 0 Å². The van der Waals surface area contributed by atoms with Gasteiger partial charge in [-0.25, -0.2) is 0 Å². The molecule has 2 atom stereocenters. The fraction of sp³-hybridized carbons (Fsp3) is 0.625. The quantitative estimate of drug-likeness (QED) is 0.822. The lowest BCUT2D eigenvalue weighted by atomic mass is 9.76. The summed E-state index contributed by atoms with van der Waals surface area (Å²) >= 11 is 0. The van der Waals surface area contributed by atoms with Crippen LogP contribution in [0.3, 0.4) is 0 Å². The Labute approximate surface area is 115 Å². The van der Waals surface area contributed by atoms with E-state index in [-0.39, 0.29) is 0 Å². The van der Waals surface area contributed by atoms with Crippen molar-refractivity contribution < 1.29 is 14.2 Å². The second-order valence-corrected chi connectivity index (χ2v) is 5.33. The number of hydrogen-bond donors (Lipinski definition) is 0. The van der Waals surface area contributed by atoms with Crippen LogP contribution in [-0.2, 0) is 0 Å². The monoisotopic (exact) mass is 264 g/mol. The Morgan fingerprint density at radius 2 is 1.47 bits per heavy atom. The predicted molar refractivity (Wildman–Crippen MR) is 76.5 cm³/mol. The molecule has 2 rings (SSSR count). The molecule has 1 aromatic rings. The van der Waals surface area contributed by atoms with Crippen molar-refractivity contribution in [2.45, 2.75) is 38.5 Å². The molecule has 3 heteroatoms. The Kier molecular flexibility index (Phi) is 4.56. The molecule has 0 aromatic heterocycles. The molecular weight excluding hydrogens is 240 g/mol. The van der Waals surface area contributed by atoms with Crippen LogP contribution in [0.15, 0.2) is 12.1 Å². The molecule has 3 nitrogen and oxygen atoms in total. The molecule has 1 aliphatic carbocycles. The third-order valence-electron chi connectivity index (χ3n) is 4.23. The maximum atomic E-state index is 5.44. The molecular formula is C16H24O3. The Morgan fingerprint density at radius 1 is 0.895 bits per heavy atom. The number of rotatable bonds is 4. The zero-order valence-electron chi connectivity index (χ0n) is 12.4. The number of ether oxygens (including phenoxy) is 3. The summed E-state index contributed by atoms with van der Waals surface area (Å²) in [6.07, 6.45) is 5.22. The van der Waals surface area contributed by atoms with Gasteiger partial charge in [0.1, 0.15) is 0 Å². The van der Waals surface area contributed by atoms with Crippen LogP contribution in [0.1, 0.15) is 44.1 Å². The standard InChI is InChI=1S/C16H24O3/c1-11-7-5-6-8-13(11)12-9-14(17-2)16(19-4)15(10-12)18-3/h9-11,13H,5-8H2,1-4H3/t11-,13+/m1/s1. The van der Waals surface area contributed by atoms with Gasteiger partial charge in [-0.15, -0.1) is 0 Å². The molecule has 0 heterocycles. The molecule has 0 saturated heterocycles. The number of benzene rings is 1. The van der Waals surface area contributed by atoms with Gasteiger partial charge in [0.25, 0.3) is 0 Å². The van der Waals surface area contributed by atoms with Crippen molar-refractivity contribution in [3.8, 4) is 17.2 Å². The lowest BCUT2D eigenvalue weighted by molar-refractivity contribution is 0.313. The van der Waals surface area contributed by atoms with E-state index >= 15 is 0 Å². The highest BCUT2D eigenvalue weighted by molar-refractivity contribution is 5.54. The van der Waals surface area contributed by atoms with Crippen molar-refractivity contribution in [2.75, 3.05) is 21.3 Å². The van der Waals surface area contributed by atoms with E-state index in [1.54, 1.807) is 21.3 Å². The van der Waals surface area contributed by atoms with Crippen LogP contribution < -0.4 is 14.2 Å².